The van der Waals surface area contributed by atoms with Crippen molar-refractivity contribution in [1.82, 2.24) is 15.0 Å². The number of nitrogens with one attached hydrogen (secondary N) is 2. The average molecular weight is 524 g/mol. The van der Waals surface area contributed by atoms with E-state index in [1.54, 1.807) is 50.9 Å². The summed E-state index contributed by atoms with van der Waals surface area (Å²) in [7, 11) is 3.12. The first-order valence-corrected chi connectivity index (χ1v) is 11.4. The molecule has 0 unspecified atom stereocenters. The Hall–Kier alpha value is -4.67. The number of carbonyl (C=O) groups excluding carboxylic acids is 1. The molecule has 2 heterocycles. The Morgan fingerprint density at radius 3 is 2.42 bits per heavy atom. The Morgan fingerprint density at radius 1 is 0.921 bits per heavy atom. The first-order valence-electron chi connectivity index (χ1n) is 11.4. The van der Waals surface area contributed by atoms with Crippen molar-refractivity contribution in [3.63, 3.8) is 0 Å². The zero-order chi connectivity index (χ0) is 27.3. The van der Waals surface area contributed by atoms with Gasteiger partial charge in [0, 0.05) is 23.6 Å². The van der Waals surface area contributed by atoms with Gasteiger partial charge >= 0.3 is 6.18 Å². The lowest BCUT2D eigenvalue weighted by molar-refractivity contribution is -0.137. The monoisotopic (exact) mass is 523 g/mol. The molecular weight excluding hydrogens is 499 g/mol. The highest BCUT2D eigenvalue weighted by Gasteiger charge is 2.31. The van der Waals surface area contributed by atoms with Crippen molar-refractivity contribution in [2.45, 2.75) is 19.1 Å². The maximum absolute atomic E-state index is 13.0. The maximum Gasteiger partial charge on any atom is 0.417 e. The summed E-state index contributed by atoms with van der Waals surface area (Å²) in [6.07, 6.45) is 0.392. The molecule has 0 saturated heterocycles. The molecule has 0 aliphatic carbocycles. The van der Waals surface area contributed by atoms with Crippen molar-refractivity contribution in [3.05, 3.63) is 90.0 Å². The molecular formula is C27H24F3N5O3. The van der Waals surface area contributed by atoms with E-state index in [9.17, 15) is 18.0 Å². The van der Waals surface area contributed by atoms with E-state index in [0.717, 1.165) is 23.4 Å². The summed E-state index contributed by atoms with van der Waals surface area (Å²) in [5.41, 5.74) is 1.46. The molecule has 11 heteroatoms. The van der Waals surface area contributed by atoms with Crippen LogP contribution in [0.15, 0.2) is 73.3 Å². The Labute approximate surface area is 216 Å². The molecule has 0 spiro atoms. The van der Waals surface area contributed by atoms with Crippen LogP contribution < -0.4 is 20.1 Å². The zero-order valence-electron chi connectivity index (χ0n) is 20.7. The van der Waals surface area contributed by atoms with Crippen molar-refractivity contribution >= 4 is 17.4 Å². The van der Waals surface area contributed by atoms with Crippen LogP contribution in [0.25, 0.3) is 11.3 Å². The van der Waals surface area contributed by atoms with Crippen LogP contribution in [0.5, 0.6) is 11.5 Å². The fourth-order valence-electron chi connectivity index (χ4n) is 3.68. The molecule has 0 radical (unpaired) electrons. The predicted octanol–water partition coefficient (Wildman–Crippen LogP) is 6.00. The number of aromatic nitrogens is 3. The van der Waals surface area contributed by atoms with Gasteiger partial charge in [-0.25, -0.2) is 4.98 Å². The van der Waals surface area contributed by atoms with Crippen molar-refractivity contribution < 1.29 is 27.4 Å². The van der Waals surface area contributed by atoms with Crippen LogP contribution in [0.4, 0.5) is 24.7 Å². The summed E-state index contributed by atoms with van der Waals surface area (Å²) in [4.78, 5) is 25.0. The van der Waals surface area contributed by atoms with Gasteiger partial charge in [0.1, 0.15) is 5.82 Å². The maximum atomic E-state index is 13.0. The molecule has 2 N–H and O–H groups in total. The van der Waals surface area contributed by atoms with Gasteiger partial charge in [-0.15, -0.1) is 0 Å². The third kappa shape index (κ3) is 6.17. The first kappa shape index (κ1) is 26.4. The third-order valence-electron chi connectivity index (χ3n) is 5.65. The molecule has 2 aromatic heterocycles. The third-order valence-corrected chi connectivity index (χ3v) is 5.65. The minimum absolute atomic E-state index is 0.196. The molecule has 1 atom stereocenters. The Bertz CT molecular complexity index is 1450. The van der Waals surface area contributed by atoms with Crippen molar-refractivity contribution in [2.24, 2.45) is 0 Å². The summed E-state index contributed by atoms with van der Waals surface area (Å²) >= 11 is 0. The fraction of sp³-hybridized carbons (Fsp3) is 0.185. The summed E-state index contributed by atoms with van der Waals surface area (Å²) in [6, 6.07) is 12.9. The van der Waals surface area contributed by atoms with Crippen LogP contribution in [-0.2, 0) is 6.18 Å². The largest absolute Gasteiger partial charge is 0.493 e. The standard InChI is InChI=1S/C27H24F3N5O3/c1-16(33-25-15-32-14-22(35-25)18-7-8-23(37-2)24(11-18)38-3)17-5-4-6-21(10-17)34-26(36)19-9-20(13-31-12-19)27(28,29)30/h4-16H,1-3H3,(H,33,35)(H,34,36)/t16-/m0/s1. The molecule has 2 aromatic carbocycles. The van der Waals surface area contributed by atoms with Crippen LogP contribution in [-0.4, -0.2) is 35.1 Å². The number of amides is 1. The molecule has 0 bridgehead atoms. The van der Waals surface area contributed by atoms with Gasteiger partial charge < -0.3 is 20.1 Å². The average Bonchev–Trinajstić information content (AvgIpc) is 2.92. The summed E-state index contributed by atoms with van der Waals surface area (Å²) < 4.78 is 49.5. The number of pyridine rings is 1. The quantitative estimate of drug-likeness (QED) is 0.292. The van der Waals surface area contributed by atoms with Gasteiger partial charge in [-0.1, -0.05) is 12.1 Å². The van der Waals surface area contributed by atoms with E-state index in [-0.39, 0.29) is 11.6 Å². The molecule has 0 aliphatic rings. The lowest BCUT2D eigenvalue weighted by atomic mass is 10.1. The van der Waals surface area contributed by atoms with E-state index >= 15 is 0 Å². The highest BCUT2D eigenvalue weighted by Crippen LogP contribution is 2.32. The van der Waals surface area contributed by atoms with Crippen LogP contribution in [0.2, 0.25) is 0 Å². The summed E-state index contributed by atoms with van der Waals surface area (Å²) in [5.74, 6) is 0.992. The second-order valence-electron chi connectivity index (χ2n) is 8.26. The van der Waals surface area contributed by atoms with E-state index in [0.29, 0.717) is 34.9 Å². The van der Waals surface area contributed by atoms with E-state index in [2.05, 4.69) is 25.6 Å². The number of methoxy groups -OCH3 is 2. The van der Waals surface area contributed by atoms with Crippen molar-refractivity contribution in [2.75, 3.05) is 24.9 Å². The Balaban J connectivity index is 1.48. The topological polar surface area (TPSA) is 98.3 Å². The highest BCUT2D eigenvalue weighted by atomic mass is 19.4. The number of anilines is 2. The molecule has 196 valence electrons. The van der Waals surface area contributed by atoms with Crippen molar-refractivity contribution in [1.29, 1.82) is 0 Å². The second kappa shape index (κ2) is 11.2. The lowest BCUT2D eigenvalue weighted by Gasteiger charge is -2.17. The lowest BCUT2D eigenvalue weighted by Crippen LogP contribution is -2.15. The normalized spacial score (nSPS) is 11.9. The van der Waals surface area contributed by atoms with Gasteiger partial charge in [0.15, 0.2) is 11.5 Å². The number of carbonyl (C=O) groups is 1. The zero-order valence-corrected chi connectivity index (χ0v) is 20.7. The van der Waals surface area contributed by atoms with Gasteiger partial charge in [0.2, 0.25) is 0 Å². The molecule has 0 saturated carbocycles. The Morgan fingerprint density at radius 2 is 1.68 bits per heavy atom. The van der Waals surface area contributed by atoms with Gasteiger partial charge in [-0.2, -0.15) is 13.2 Å². The fourth-order valence-corrected chi connectivity index (χ4v) is 3.68. The molecule has 4 aromatic rings. The van der Waals surface area contributed by atoms with Crippen molar-refractivity contribution in [3.8, 4) is 22.8 Å². The van der Waals surface area contributed by atoms with Crippen LogP contribution in [0, 0.1) is 0 Å². The number of hydrogen-bond acceptors (Lipinski definition) is 7. The van der Waals surface area contributed by atoms with E-state index in [1.165, 1.54) is 0 Å². The summed E-state index contributed by atoms with van der Waals surface area (Å²) in [6.45, 7) is 1.91. The summed E-state index contributed by atoms with van der Waals surface area (Å²) in [5, 5.41) is 5.90. The van der Waals surface area contributed by atoms with Gasteiger partial charge in [-0.3, -0.25) is 14.8 Å². The number of ether oxygens (including phenoxy) is 2. The number of rotatable bonds is 8. The minimum atomic E-state index is -4.59. The van der Waals surface area contributed by atoms with Gasteiger partial charge in [0.05, 0.1) is 49.5 Å². The second-order valence-corrected chi connectivity index (χ2v) is 8.26. The van der Waals surface area contributed by atoms with Crippen LogP contribution in [0.3, 0.4) is 0 Å². The molecule has 8 nitrogen and oxygen atoms in total. The smallest absolute Gasteiger partial charge is 0.417 e. The number of halogens is 3. The number of nitrogens with zero attached hydrogens (tertiary/aromatic N) is 3. The predicted molar refractivity (Wildman–Crippen MR) is 136 cm³/mol. The van der Waals surface area contributed by atoms with E-state index in [4.69, 9.17) is 9.47 Å². The molecule has 0 aliphatic heterocycles. The van der Waals surface area contributed by atoms with E-state index < -0.39 is 17.6 Å². The molecule has 4 rings (SSSR count). The molecule has 0 fully saturated rings. The van der Waals surface area contributed by atoms with Crippen LogP contribution in [0.1, 0.15) is 34.5 Å². The molecule has 1 amide bonds. The number of benzene rings is 2. The Kier molecular flexibility index (Phi) is 7.75. The van der Waals surface area contributed by atoms with Crippen LogP contribution >= 0.6 is 0 Å². The van der Waals surface area contributed by atoms with Gasteiger partial charge in [0.25, 0.3) is 5.91 Å². The number of hydrogen-bond donors (Lipinski definition) is 2. The minimum Gasteiger partial charge on any atom is -0.493 e. The number of alkyl halides is 3. The van der Waals surface area contributed by atoms with Gasteiger partial charge in [-0.05, 0) is 48.9 Å². The molecule has 38 heavy (non-hydrogen) atoms. The first-order chi connectivity index (χ1) is 18.2. The van der Waals surface area contributed by atoms with E-state index in [1.807, 2.05) is 25.1 Å². The SMILES string of the molecule is COc1ccc(-c2cncc(N[C@@H](C)c3cccc(NC(=O)c4cncc(C(F)(F)F)c4)c3)n2)cc1OC. The highest BCUT2D eigenvalue weighted by molar-refractivity contribution is 6.04.